The van der Waals surface area contributed by atoms with Crippen LogP contribution in [0.4, 0.5) is 10.5 Å². The van der Waals surface area contributed by atoms with Gasteiger partial charge in [-0.1, -0.05) is 31.5 Å². The van der Waals surface area contributed by atoms with Gasteiger partial charge in [0.2, 0.25) is 0 Å². The quantitative estimate of drug-likeness (QED) is 0.691. The first-order valence-electron chi connectivity index (χ1n) is 8.10. The van der Waals surface area contributed by atoms with Gasteiger partial charge in [0.1, 0.15) is 0 Å². The minimum atomic E-state index is -0.335. The number of likely N-dealkylation sites (N-methyl/N-ethyl adjacent to an activating group) is 1. The number of nitrogens with one attached hydrogen (secondary N) is 1. The van der Waals surface area contributed by atoms with Crippen LogP contribution in [-0.4, -0.2) is 61.6 Å². The molecule has 0 unspecified atom stereocenters. The van der Waals surface area contributed by atoms with Crippen LogP contribution in [0.2, 0.25) is 5.02 Å². The van der Waals surface area contributed by atoms with Crippen molar-refractivity contribution in [2.24, 2.45) is 0 Å². The zero-order valence-corrected chi connectivity index (χ0v) is 15.3. The summed E-state index contributed by atoms with van der Waals surface area (Å²) >= 11 is 5.94. The number of ether oxygens (including phenoxy) is 1. The first-order chi connectivity index (χ1) is 11.5. The average Bonchev–Trinajstić information content (AvgIpc) is 2.57. The van der Waals surface area contributed by atoms with E-state index < -0.39 is 0 Å². The fourth-order valence-electron chi connectivity index (χ4n) is 2.21. The van der Waals surface area contributed by atoms with E-state index in [1.54, 1.807) is 29.2 Å². The molecular weight excluding hydrogens is 330 g/mol. The second-order valence-electron chi connectivity index (χ2n) is 5.28. The predicted octanol–water partition coefficient (Wildman–Crippen LogP) is 3.08. The highest BCUT2D eigenvalue weighted by atomic mass is 35.5. The lowest BCUT2D eigenvalue weighted by Crippen LogP contribution is -2.42. The number of methoxy groups -OCH3 is 1. The molecule has 0 aliphatic rings. The number of hydrogen-bond donors (Lipinski definition) is 1. The molecule has 0 heterocycles. The Hall–Kier alpha value is -1.79. The van der Waals surface area contributed by atoms with Crippen molar-refractivity contribution in [2.45, 2.75) is 20.3 Å². The van der Waals surface area contributed by atoms with Gasteiger partial charge in [-0.3, -0.25) is 4.79 Å². The van der Waals surface area contributed by atoms with E-state index in [1.807, 2.05) is 0 Å². The van der Waals surface area contributed by atoms with Crippen LogP contribution in [-0.2, 0) is 9.53 Å². The average molecular weight is 356 g/mol. The SMILES string of the molecule is CCN(CC)CCN(CCC(=O)OC)C(=O)Nc1cccc(Cl)c1. The highest BCUT2D eigenvalue weighted by Gasteiger charge is 2.16. The summed E-state index contributed by atoms with van der Waals surface area (Å²) < 4.78 is 4.66. The van der Waals surface area contributed by atoms with Crippen LogP contribution in [0.15, 0.2) is 24.3 Å². The van der Waals surface area contributed by atoms with Crippen molar-refractivity contribution in [2.75, 3.05) is 45.2 Å². The fourth-order valence-corrected chi connectivity index (χ4v) is 2.40. The normalized spacial score (nSPS) is 10.5. The summed E-state index contributed by atoms with van der Waals surface area (Å²) in [6, 6.07) is 6.71. The van der Waals surface area contributed by atoms with Gasteiger partial charge >= 0.3 is 12.0 Å². The molecule has 0 aromatic heterocycles. The largest absolute Gasteiger partial charge is 0.469 e. The molecule has 0 saturated heterocycles. The van der Waals surface area contributed by atoms with Crippen LogP contribution in [0.25, 0.3) is 0 Å². The Bertz CT molecular complexity index is 536. The van der Waals surface area contributed by atoms with Crippen LogP contribution in [0.1, 0.15) is 20.3 Å². The molecule has 6 nitrogen and oxygen atoms in total. The summed E-state index contributed by atoms with van der Waals surface area (Å²) in [6.07, 6.45) is 0.164. The molecule has 134 valence electrons. The van der Waals surface area contributed by atoms with Gasteiger partial charge in [0.25, 0.3) is 0 Å². The summed E-state index contributed by atoms with van der Waals surface area (Å²) in [5, 5.41) is 3.37. The summed E-state index contributed by atoms with van der Waals surface area (Å²) in [6.45, 7) is 7.57. The molecule has 0 fully saturated rings. The number of rotatable bonds is 9. The minimum absolute atomic E-state index is 0.164. The Kier molecular flexibility index (Phi) is 9.19. The molecule has 1 aromatic rings. The molecule has 0 aliphatic heterocycles. The van der Waals surface area contributed by atoms with Crippen molar-refractivity contribution in [1.82, 2.24) is 9.80 Å². The maximum absolute atomic E-state index is 12.5. The van der Waals surface area contributed by atoms with E-state index in [-0.39, 0.29) is 18.4 Å². The molecule has 1 N–H and O–H groups in total. The molecule has 7 heteroatoms. The highest BCUT2D eigenvalue weighted by molar-refractivity contribution is 6.30. The van der Waals surface area contributed by atoms with Gasteiger partial charge in [-0.2, -0.15) is 0 Å². The van der Waals surface area contributed by atoms with Crippen molar-refractivity contribution in [3.05, 3.63) is 29.3 Å². The number of carbonyl (C=O) groups excluding carboxylic acids is 2. The monoisotopic (exact) mass is 355 g/mol. The molecular formula is C17H26ClN3O3. The molecule has 0 saturated carbocycles. The third kappa shape index (κ3) is 7.19. The summed E-state index contributed by atoms with van der Waals surface area (Å²) in [7, 11) is 1.34. The van der Waals surface area contributed by atoms with E-state index in [4.69, 9.17) is 11.6 Å². The number of esters is 1. The van der Waals surface area contributed by atoms with Gasteiger partial charge in [0.05, 0.1) is 13.5 Å². The second kappa shape index (κ2) is 10.9. The second-order valence-corrected chi connectivity index (χ2v) is 5.72. The number of carbonyl (C=O) groups is 2. The first kappa shape index (κ1) is 20.3. The first-order valence-corrected chi connectivity index (χ1v) is 8.48. The van der Waals surface area contributed by atoms with Crippen molar-refractivity contribution >= 4 is 29.3 Å². The van der Waals surface area contributed by atoms with Crippen LogP contribution in [0.3, 0.4) is 0 Å². The minimum Gasteiger partial charge on any atom is -0.469 e. The lowest BCUT2D eigenvalue weighted by molar-refractivity contribution is -0.140. The van der Waals surface area contributed by atoms with E-state index in [0.29, 0.717) is 23.8 Å². The van der Waals surface area contributed by atoms with Crippen molar-refractivity contribution in [3.63, 3.8) is 0 Å². The number of urea groups is 1. The Morgan fingerprint density at radius 3 is 2.46 bits per heavy atom. The smallest absolute Gasteiger partial charge is 0.321 e. The van der Waals surface area contributed by atoms with Gasteiger partial charge in [0, 0.05) is 30.3 Å². The van der Waals surface area contributed by atoms with Crippen LogP contribution < -0.4 is 5.32 Å². The molecule has 1 rings (SSSR count). The van der Waals surface area contributed by atoms with E-state index in [2.05, 4.69) is 28.8 Å². The maximum atomic E-state index is 12.5. The zero-order valence-electron chi connectivity index (χ0n) is 14.5. The molecule has 0 aliphatic carbocycles. The number of benzene rings is 1. The molecule has 0 radical (unpaired) electrons. The van der Waals surface area contributed by atoms with Crippen molar-refractivity contribution in [3.8, 4) is 0 Å². The topological polar surface area (TPSA) is 61.9 Å². The van der Waals surface area contributed by atoms with Gasteiger partial charge in [-0.05, 0) is 31.3 Å². The van der Waals surface area contributed by atoms with E-state index in [1.165, 1.54) is 7.11 Å². The lowest BCUT2D eigenvalue weighted by atomic mass is 10.3. The van der Waals surface area contributed by atoms with Crippen LogP contribution in [0.5, 0.6) is 0 Å². The van der Waals surface area contributed by atoms with Gasteiger partial charge in [0.15, 0.2) is 0 Å². The Balaban J connectivity index is 2.70. The van der Waals surface area contributed by atoms with Crippen molar-refractivity contribution in [1.29, 1.82) is 0 Å². The summed E-state index contributed by atoms with van der Waals surface area (Å²) in [5.74, 6) is -0.335. The third-order valence-electron chi connectivity index (χ3n) is 3.76. The van der Waals surface area contributed by atoms with Crippen LogP contribution in [0, 0.1) is 0 Å². The van der Waals surface area contributed by atoms with Gasteiger partial charge in [-0.25, -0.2) is 4.79 Å². The van der Waals surface area contributed by atoms with Crippen LogP contribution >= 0.6 is 11.6 Å². The molecule has 0 bridgehead atoms. The predicted molar refractivity (Wildman–Crippen MR) is 96.5 cm³/mol. The maximum Gasteiger partial charge on any atom is 0.321 e. The number of anilines is 1. The van der Waals surface area contributed by atoms with Gasteiger partial charge in [-0.15, -0.1) is 0 Å². The lowest BCUT2D eigenvalue weighted by Gasteiger charge is -2.26. The number of nitrogens with zero attached hydrogens (tertiary/aromatic N) is 2. The third-order valence-corrected chi connectivity index (χ3v) is 3.99. The van der Waals surface area contributed by atoms with Crippen molar-refractivity contribution < 1.29 is 14.3 Å². The van der Waals surface area contributed by atoms with E-state index in [9.17, 15) is 9.59 Å². The Labute approximate surface area is 148 Å². The van der Waals surface area contributed by atoms with Gasteiger partial charge < -0.3 is 19.9 Å². The number of amides is 2. The molecule has 2 amide bonds. The summed E-state index contributed by atoms with van der Waals surface area (Å²) in [5.41, 5.74) is 0.624. The molecule has 0 spiro atoms. The van der Waals surface area contributed by atoms with E-state index >= 15 is 0 Å². The number of halogens is 1. The Morgan fingerprint density at radius 2 is 1.88 bits per heavy atom. The zero-order chi connectivity index (χ0) is 17.9. The Morgan fingerprint density at radius 1 is 1.17 bits per heavy atom. The summed E-state index contributed by atoms with van der Waals surface area (Å²) in [4.78, 5) is 27.7. The van der Waals surface area contributed by atoms with E-state index in [0.717, 1.165) is 19.6 Å². The standard InChI is InChI=1S/C17H26ClN3O3/c1-4-20(5-2)11-12-21(10-9-16(22)24-3)17(23)19-15-8-6-7-14(18)13-15/h6-8,13H,4-5,9-12H2,1-3H3,(H,19,23). The molecule has 24 heavy (non-hydrogen) atoms. The fraction of sp³-hybridized carbons (Fsp3) is 0.529. The number of hydrogen-bond acceptors (Lipinski definition) is 4. The molecule has 1 aromatic carbocycles. The highest BCUT2D eigenvalue weighted by Crippen LogP contribution is 2.15. The molecule has 0 atom stereocenters.